The molecule has 1 aromatic carbocycles. The van der Waals surface area contributed by atoms with E-state index >= 15 is 0 Å². The summed E-state index contributed by atoms with van der Waals surface area (Å²) in [7, 11) is -0.258. The number of carbonyl (C=O) groups excluding carboxylic acids is 2. The molecular formula is C26H32N4O6S2. The van der Waals surface area contributed by atoms with Crippen molar-refractivity contribution in [1.29, 1.82) is 0 Å². The number of sulfonamides is 1. The first-order valence-corrected chi connectivity index (χ1v) is 14.3. The number of ketones is 1. The van der Waals surface area contributed by atoms with Crippen LogP contribution >= 0.6 is 11.8 Å². The van der Waals surface area contributed by atoms with Crippen molar-refractivity contribution in [2.75, 3.05) is 46.2 Å². The van der Waals surface area contributed by atoms with Gasteiger partial charge in [0.05, 0.1) is 23.9 Å². The quantitative estimate of drug-likeness (QED) is 0.137. The summed E-state index contributed by atoms with van der Waals surface area (Å²) in [6.45, 7) is 5.14. The smallest absolute Gasteiger partial charge is 0.251 e. The first kappa shape index (κ1) is 29.4. The van der Waals surface area contributed by atoms with Crippen molar-refractivity contribution in [3.8, 4) is 5.69 Å². The van der Waals surface area contributed by atoms with Crippen LogP contribution in [0.15, 0.2) is 64.6 Å². The lowest BCUT2D eigenvalue weighted by atomic mass is 10.2. The number of aryl methyl sites for hydroxylation is 1. The van der Waals surface area contributed by atoms with E-state index in [-0.39, 0.29) is 16.4 Å². The van der Waals surface area contributed by atoms with Crippen LogP contribution < -0.4 is 4.73 Å². The number of carbonyl (C=O) groups is 2. The highest BCUT2D eigenvalue weighted by molar-refractivity contribution is 7.99. The van der Waals surface area contributed by atoms with Crippen molar-refractivity contribution in [2.24, 2.45) is 0 Å². The Hall–Kier alpha value is -3.19. The molecule has 1 fully saturated rings. The van der Waals surface area contributed by atoms with E-state index in [1.807, 2.05) is 24.5 Å². The second-order valence-electron chi connectivity index (χ2n) is 8.78. The molecule has 38 heavy (non-hydrogen) atoms. The zero-order chi connectivity index (χ0) is 27.9. The largest absolute Gasteiger partial charge is 0.618 e. The van der Waals surface area contributed by atoms with Gasteiger partial charge in [-0.1, -0.05) is 6.07 Å². The minimum absolute atomic E-state index is 0.0969. The summed E-state index contributed by atoms with van der Waals surface area (Å²) in [5.74, 6) is 0.0300. The van der Waals surface area contributed by atoms with Crippen LogP contribution in [0.5, 0.6) is 0 Å². The maximum atomic E-state index is 13.1. The summed E-state index contributed by atoms with van der Waals surface area (Å²) >= 11 is 1.19. The number of amides is 1. The number of benzene rings is 1. The number of Topliss-reactive ketones (excluding diaryl/α,β-unsaturated/α-hetero) is 1. The molecule has 0 N–H and O–H groups in total. The molecule has 3 aromatic rings. The van der Waals surface area contributed by atoms with Gasteiger partial charge in [0, 0.05) is 62.0 Å². The van der Waals surface area contributed by atoms with E-state index in [0.717, 1.165) is 22.5 Å². The van der Waals surface area contributed by atoms with Gasteiger partial charge in [0.15, 0.2) is 12.0 Å². The predicted molar refractivity (Wildman–Crippen MR) is 145 cm³/mol. The third-order valence-corrected chi connectivity index (χ3v) is 8.68. The Morgan fingerprint density at radius 2 is 1.82 bits per heavy atom. The third-order valence-electron chi connectivity index (χ3n) is 5.77. The molecule has 10 nitrogen and oxygen atoms in total. The fraction of sp³-hybridized carbons (Fsp3) is 0.346. The Labute approximate surface area is 227 Å². The van der Waals surface area contributed by atoms with Gasteiger partial charge < -0.3 is 19.4 Å². The lowest BCUT2D eigenvalue weighted by molar-refractivity contribution is -0.645. The molecule has 0 aliphatic carbocycles. The van der Waals surface area contributed by atoms with Crippen LogP contribution in [0.3, 0.4) is 0 Å². The van der Waals surface area contributed by atoms with E-state index in [1.165, 1.54) is 27.2 Å². The summed E-state index contributed by atoms with van der Waals surface area (Å²) in [5, 5.41) is 12.3. The number of rotatable bonds is 8. The molecule has 1 amide bonds. The topological polar surface area (TPSA) is 116 Å². The van der Waals surface area contributed by atoms with Gasteiger partial charge in [-0.2, -0.15) is 9.04 Å². The molecular weight excluding hydrogens is 528 g/mol. The van der Waals surface area contributed by atoms with Gasteiger partial charge in [0.2, 0.25) is 16.4 Å². The van der Waals surface area contributed by atoms with Crippen LogP contribution in [0.25, 0.3) is 5.69 Å². The fourth-order valence-electron chi connectivity index (χ4n) is 3.90. The molecule has 12 heteroatoms. The zero-order valence-electron chi connectivity index (χ0n) is 21.9. The Kier molecular flexibility index (Phi) is 10.1. The van der Waals surface area contributed by atoms with Crippen molar-refractivity contribution in [3.05, 3.63) is 76.9 Å². The average molecular weight is 561 g/mol. The van der Waals surface area contributed by atoms with Crippen molar-refractivity contribution >= 4 is 34.0 Å². The first-order valence-electron chi connectivity index (χ1n) is 11.9. The van der Waals surface area contributed by atoms with Crippen molar-refractivity contribution in [1.82, 2.24) is 13.8 Å². The molecule has 0 saturated carbocycles. The van der Waals surface area contributed by atoms with Crippen molar-refractivity contribution in [2.45, 2.75) is 23.8 Å². The molecule has 0 radical (unpaired) electrons. The number of pyridine rings is 1. The Balaban J connectivity index is 0.000000732. The highest BCUT2D eigenvalue weighted by Gasteiger charge is 2.27. The van der Waals surface area contributed by atoms with Crippen LogP contribution in [-0.4, -0.2) is 80.5 Å². The summed E-state index contributed by atoms with van der Waals surface area (Å²) in [4.78, 5) is 24.0. The molecule has 0 unspecified atom stereocenters. The second kappa shape index (κ2) is 13.1. The van der Waals surface area contributed by atoms with Crippen LogP contribution in [0.4, 0.5) is 0 Å². The second-order valence-corrected chi connectivity index (χ2v) is 11.7. The summed E-state index contributed by atoms with van der Waals surface area (Å²) in [5.41, 5.74) is 2.77. The number of hydrogen-bond donors (Lipinski definition) is 0. The van der Waals surface area contributed by atoms with Gasteiger partial charge >= 0.3 is 0 Å². The maximum Gasteiger partial charge on any atom is 0.251 e. The maximum absolute atomic E-state index is 13.1. The molecule has 1 aliphatic rings. The van der Waals surface area contributed by atoms with Gasteiger partial charge in [-0.3, -0.25) is 9.59 Å². The summed E-state index contributed by atoms with van der Waals surface area (Å²) in [6.07, 6.45) is 2.15. The van der Waals surface area contributed by atoms with Gasteiger partial charge in [-0.25, -0.2) is 8.42 Å². The van der Waals surface area contributed by atoms with Crippen molar-refractivity contribution in [3.63, 3.8) is 0 Å². The molecule has 2 aromatic heterocycles. The van der Waals surface area contributed by atoms with E-state index in [4.69, 9.17) is 4.74 Å². The van der Waals surface area contributed by atoms with E-state index in [2.05, 4.69) is 0 Å². The number of thioether (sulfide) groups is 1. The number of hydrogen-bond acceptors (Lipinski definition) is 7. The fourth-order valence-corrected chi connectivity index (χ4v) is 6.15. The van der Waals surface area contributed by atoms with Gasteiger partial charge in [-0.05, 0) is 55.9 Å². The Morgan fingerprint density at radius 1 is 1.13 bits per heavy atom. The molecule has 0 bridgehead atoms. The highest BCUT2D eigenvalue weighted by Crippen LogP contribution is 2.26. The lowest BCUT2D eigenvalue weighted by Gasteiger charge is -2.26. The molecule has 4 rings (SSSR count). The minimum atomic E-state index is -3.63. The highest BCUT2D eigenvalue weighted by atomic mass is 32.2. The third kappa shape index (κ3) is 7.01. The molecule has 1 saturated heterocycles. The number of ether oxygens (including phenoxy) is 1. The molecule has 1 aliphatic heterocycles. The van der Waals surface area contributed by atoms with Crippen LogP contribution in [-0.2, 0) is 19.6 Å². The number of morpholine rings is 1. The first-order chi connectivity index (χ1) is 18.1. The van der Waals surface area contributed by atoms with Crippen LogP contribution in [0, 0.1) is 19.1 Å². The van der Waals surface area contributed by atoms with Gasteiger partial charge in [-0.15, -0.1) is 0 Å². The molecule has 204 valence electrons. The van der Waals surface area contributed by atoms with E-state index in [9.17, 15) is 23.2 Å². The number of nitrogens with zero attached hydrogens (tertiary/aromatic N) is 4. The lowest BCUT2D eigenvalue weighted by Crippen LogP contribution is -2.40. The van der Waals surface area contributed by atoms with Crippen LogP contribution in [0.2, 0.25) is 0 Å². The monoisotopic (exact) mass is 560 g/mol. The summed E-state index contributed by atoms with van der Waals surface area (Å²) < 4.78 is 35.5. The predicted octanol–water partition coefficient (Wildman–Crippen LogP) is 2.43. The van der Waals surface area contributed by atoms with Crippen LogP contribution in [0.1, 0.15) is 21.7 Å². The zero-order valence-corrected chi connectivity index (χ0v) is 23.5. The average Bonchev–Trinajstić information content (AvgIpc) is 3.22. The van der Waals surface area contributed by atoms with E-state index in [0.29, 0.717) is 42.6 Å². The standard InChI is InChI=1S/C23H25N3O5S2.C3H7NO/c1-17-14-21(22(27)16-32-23-8-3-4-9-25(23)28)18(2)26(17)19-6-5-7-20(15-19)33(29,30)24-10-12-31-13-11-24;1-4(2)3-5/h3-9,14-15H,10-13,16H2,1-2H3;3H,1-2H3. The van der Waals surface area contributed by atoms with E-state index in [1.54, 1.807) is 56.6 Å². The SMILES string of the molecule is CN(C)C=O.Cc1cc(C(=O)CSc2cccc[n+]2[O-])c(C)n1-c1cccc(S(=O)(=O)N2CCOCC2)c1. The normalized spacial score (nSPS) is 13.9. The number of aromatic nitrogens is 2. The molecule has 0 spiro atoms. The minimum Gasteiger partial charge on any atom is -0.618 e. The Morgan fingerprint density at radius 3 is 2.45 bits per heavy atom. The van der Waals surface area contributed by atoms with Gasteiger partial charge in [0.1, 0.15) is 0 Å². The molecule has 3 heterocycles. The van der Waals surface area contributed by atoms with E-state index < -0.39 is 10.0 Å². The van der Waals surface area contributed by atoms with Crippen molar-refractivity contribution < 1.29 is 27.5 Å². The molecule has 0 atom stereocenters. The summed E-state index contributed by atoms with van der Waals surface area (Å²) in [6, 6.07) is 13.6. The van der Waals surface area contributed by atoms with Gasteiger partial charge in [0.25, 0.3) is 5.03 Å². The Bertz CT molecular complexity index is 1380.